The normalized spacial score (nSPS) is 10.6. The Morgan fingerprint density at radius 2 is 2.15 bits per heavy atom. The molecule has 2 heterocycles. The fourth-order valence-electron chi connectivity index (χ4n) is 2.17. The summed E-state index contributed by atoms with van der Waals surface area (Å²) in [5.41, 5.74) is 1.63. The molecule has 0 unspecified atom stereocenters. The van der Waals surface area contributed by atoms with E-state index < -0.39 is 0 Å². The Kier molecular flexibility index (Phi) is 3.05. The number of imidazole rings is 1. The van der Waals surface area contributed by atoms with Crippen LogP contribution in [0.3, 0.4) is 0 Å². The second-order valence-corrected chi connectivity index (χ2v) is 4.34. The van der Waals surface area contributed by atoms with Crippen molar-refractivity contribution in [3.8, 4) is 6.07 Å². The van der Waals surface area contributed by atoms with E-state index in [0.717, 1.165) is 11.0 Å². The Bertz CT molecular complexity index is 794. The SMILES string of the molecule is N#CCc1nc2ccccc2n1CC(=O)c1ccco1. The molecule has 0 radical (unpaired) electrons. The van der Waals surface area contributed by atoms with Crippen LogP contribution in [0.4, 0.5) is 0 Å². The van der Waals surface area contributed by atoms with Gasteiger partial charge in [0.05, 0.1) is 36.3 Å². The minimum atomic E-state index is -0.141. The van der Waals surface area contributed by atoms with E-state index in [2.05, 4.69) is 11.1 Å². The average molecular weight is 265 g/mol. The number of para-hydroxylation sites is 2. The van der Waals surface area contributed by atoms with Crippen molar-refractivity contribution in [1.82, 2.24) is 9.55 Å². The van der Waals surface area contributed by atoms with Gasteiger partial charge in [-0.25, -0.2) is 4.98 Å². The number of Topliss-reactive ketones (excluding diaryl/α,β-unsaturated/α-hetero) is 1. The van der Waals surface area contributed by atoms with E-state index in [-0.39, 0.29) is 18.7 Å². The molecule has 5 nitrogen and oxygen atoms in total. The molecule has 0 saturated carbocycles. The molecule has 3 aromatic rings. The van der Waals surface area contributed by atoms with Gasteiger partial charge in [0, 0.05) is 0 Å². The number of carbonyl (C=O) groups is 1. The van der Waals surface area contributed by atoms with Gasteiger partial charge in [-0.15, -0.1) is 0 Å². The fourth-order valence-corrected chi connectivity index (χ4v) is 2.17. The summed E-state index contributed by atoms with van der Waals surface area (Å²) in [5.74, 6) is 0.761. The maximum Gasteiger partial charge on any atom is 0.217 e. The number of nitrogens with zero attached hydrogens (tertiary/aromatic N) is 3. The third-order valence-electron chi connectivity index (χ3n) is 3.07. The molecule has 0 spiro atoms. The smallest absolute Gasteiger partial charge is 0.217 e. The van der Waals surface area contributed by atoms with Crippen LogP contribution >= 0.6 is 0 Å². The summed E-state index contributed by atoms with van der Waals surface area (Å²) in [5, 5.41) is 8.88. The van der Waals surface area contributed by atoms with Crippen LogP contribution in [-0.4, -0.2) is 15.3 Å². The van der Waals surface area contributed by atoms with Crippen LogP contribution in [0.1, 0.15) is 16.4 Å². The van der Waals surface area contributed by atoms with Crippen LogP contribution in [0.5, 0.6) is 0 Å². The number of aromatic nitrogens is 2. The van der Waals surface area contributed by atoms with Crippen LogP contribution in [0.15, 0.2) is 47.1 Å². The molecule has 0 amide bonds. The number of furan rings is 1. The lowest BCUT2D eigenvalue weighted by Crippen LogP contribution is -2.12. The van der Waals surface area contributed by atoms with Gasteiger partial charge in [-0.05, 0) is 24.3 Å². The Morgan fingerprint density at radius 3 is 2.90 bits per heavy atom. The van der Waals surface area contributed by atoms with Gasteiger partial charge in [-0.2, -0.15) is 5.26 Å². The molecule has 0 atom stereocenters. The highest BCUT2D eigenvalue weighted by molar-refractivity contribution is 5.94. The van der Waals surface area contributed by atoms with E-state index in [0.29, 0.717) is 11.6 Å². The fraction of sp³-hybridized carbons (Fsp3) is 0.133. The molecular weight excluding hydrogens is 254 g/mol. The highest BCUT2D eigenvalue weighted by Crippen LogP contribution is 2.17. The molecule has 5 heteroatoms. The average Bonchev–Trinajstić information content (AvgIpc) is 3.08. The molecule has 0 aliphatic carbocycles. The molecule has 2 aromatic heterocycles. The first kappa shape index (κ1) is 12.2. The zero-order valence-corrected chi connectivity index (χ0v) is 10.6. The van der Waals surface area contributed by atoms with Crippen LogP contribution < -0.4 is 0 Å². The molecule has 98 valence electrons. The quantitative estimate of drug-likeness (QED) is 0.680. The third kappa shape index (κ3) is 2.08. The van der Waals surface area contributed by atoms with Crippen molar-refractivity contribution in [2.45, 2.75) is 13.0 Å². The van der Waals surface area contributed by atoms with Crippen LogP contribution in [-0.2, 0) is 13.0 Å². The molecule has 0 aliphatic rings. The number of hydrogen-bond donors (Lipinski definition) is 0. The number of carbonyl (C=O) groups excluding carboxylic acids is 1. The van der Waals surface area contributed by atoms with Crippen molar-refractivity contribution < 1.29 is 9.21 Å². The first-order chi connectivity index (χ1) is 9.79. The predicted octanol–water partition coefficient (Wildman–Crippen LogP) is 2.58. The number of hydrogen-bond acceptors (Lipinski definition) is 4. The Balaban J connectivity index is 2.03. The molecule has 3 rings (SSSR count). The Labute approximate surface area is 115 Å². The molecule has 0 aliphatic heterocycles. The van der Waals surface area contributed by atoms with Gasteiger partial charge in [0.1, 0.15) is 5.82 Å². The first-order valence-corrected chi connectivity index (χ1v) is 6.17. The maximum absolute atomic E-state index is 12.1. The van der Waals surface area contributed by atoms with Crippen molar-refractivity contribution in [3.63, 3.8) is 0 Å². The molecule has 1 aromatic carbocycles. The molecule has 0 N–H and O–H groups in total. The Hall–Kier alpha value is -2.87. The maximum atomic E-state index is 12.1. The number of rotatable bonds is 4. The molecule has 0 fully saturated rings. The summed E-state index contributed by atoms with van der Waals surface area (Å²) in [6.45, 7) is 0.116. The van der Waals surface area contributed by atoms with Crippen molar-refractivity contribution >= 4 is 16.8 Å². The lowest BCUT2D eigenvalue weighted by Gasteiger charge is -2.05. The predicted molar refractivity (Wildman–Crippen MR) is 72.1 cm³/mol. The van der Waals surface area contributed by atoms with Gasteiger partial charge in [0.15, 0.2) is 5.76 Å². The van der Waals surface area contributed by atoms with E-state index >= 15 is 0 Å². The van der Waals surface area contributed by atoms with E-state index in [1.807, 2.05) is 24.3 Å². The van der Waals surface area contributed by atoms with Crippen molar-refractivity contribution in [2.24, 2.45) is 0 Å². The standard InChI is InChI=1S/C15H11N3O2/c16-8-7-15-17-11-4-1-2-5-12(11)18(15)10-13(19)14-6-3-9-20-14/h1-6,9H,7,10H2. The van der Waals surface area contributed by atoms with Crippen LogP contribution in [0.25, 0.3) is 11.0 Å². The summed E-state index contributed by atoms with van der Waals surface area (Å²) in [6.07, 6.45) is 1.63. The minimum absolute atomic E-state index is 0.116. The number of fused-ring (bicyclic) bond motifs is 1. The highest BCUT2D eigenvalue weighted by Gasteiger charge is 2.15. The lowest BCUT2D eigenvalue weighted by atomic mass is 10.2. The van der Waals surface area contributed by atoms with Gasteiger partial charge in [0.2, 0.25) is 5.78 Å². The topological polar surface area (TPSA) is 71.8 Å². The number of ketones is 1. The first-order valence-electron chi connectivity index (χ1n) is 6.17. The second kappa shape index (κ2) is 5.02. The zero-order valence-electron chi connectivity index (χ0n) is 10.6. The van der Waals surface area contributed by atoms with Gasteiger partial charge < -0.3 is 8.98 Å². The second-order valence-electron chi connectivity index (χ2n) is 4.34. The van der Waals surface area contributed by atoms with E-state index in [1.165, 1.54) is 6.26 Å². The monoisotopic (exact) mass is 265 g/mol. The summed E-state index contributed by atoms with van der Waals surface area (Å²) >= 11 is 0. The summed E-state index contributed by atoms with van der Waals surface area (Å²) in [7, 11) is 0. The number of nitriles is 1. The van der Waals surface area contributed by atoms with E-state index in [1.54, 1.807) is 16.7 Å². The summed E-state index contributed by atoms with van der Waals surface area (Å²) in [4.78, 5) is 16.5. The molecule has 20 heavy (non-hydrogen) atoms. The van der Waals surface area contributed by atoms with Gasteiger partial charge in [-0.3, -0.25) is 4.79 Å². The molecule has 0 bridgehead atoms. The van der Waals surface area contributed by atoms with Gasteiger partial charge >= 0.3 is 0 Å². The van der Waals surface area contributed by atoms with Crippen molar-refractivity contribution in [2.75, 3.05) is 0 Å². The van der Waals surface area contributed by atoms with Crippen LogP contribution in [0, 0.1) is 11.3 Å². The zero-order chi connectivity index (χ0) is 13.9. The molecular formula is C15H11N3O2. The van der Waals surface area contributed by atoms with Crippen molar-refractivity contribution in [1.29, 1.82) is 5.26 Å². The largest absolute Gasteiger partial charge is 0.461 e. The molecule has 0 saturated heterocycles. The van der Waals surface area contributed by atoms with Gasteiger partial charge in [0.25, 0.3) is 0 Å². The Morgan fingerprint density at radius 1 is 1.30 bits per heavy atom. The number of benzene rings is 1. The van der Waals surface area contributed by atoms with Crippen molar-refractivity contribution in [3.05, 3.63) is 54.2 Å². The van der Waals surface area contributed by atoms with Gasteiger partial charge in [-0.1, -0.05) is 12.1 Å². The highest BCUT2D eigenvalue weighted by atomic mass is 16.3. The van der Waals surface area contributed by atoms with Crippen LogP contribution in [0.2, 0.25) is 0 Å². The summed E-state index contributed by atoms with van der Waals surface area (Å²) < 4.78 is 6.87. The lowest BCUT2D eigenvalue weighted by molar-refractivity contribution is 0.0945. The minimum Gasteiger partial charge on any atom is -0.461 e. The van der Waals surface area contributed by atoms with E-state index in [9.17, 15) is 4.79 Å². The third-order valence-corrected chi connectivity index (χ3v) is 3.07. The summed E-state index contributed by atoms with van der Waals surface area (Å²) in [6, 6.07) is 12.9. The van der Waals surface area contributed by atoms with E-state index in [4.69, 9.17) is 9.68 Å².